The summed E-state index contributed by atoms with van der Waals surface area (Å²) in [6.07, 6.45) is 3.06. The van der Waals surface area contributed by atoms with Gasteiger partial charge in [0.05, 0.1) is 12.6 Å². The van der Waals surface area contributed by atoms with E-state index in [0.29, 0.717) is 12.0 Å². The molecule has 0 radical (unpaired) electrons. The zero-order valence-corrected chi connectivity index (χ0v) is 9.22. The third-order valence-corrected chi connectivity index (χ3v) is 3.61. The molecule has 1 amide bonds. The lowest BCUT2D eigenvalue weighted by molar-refractivity contribution is -0.123. The molecule has 0 spiro atoms. The number of fused-ring (bicyclic) bond motifs is 1. The fraction of sp³-hybridized carbons (Fsp3) is 0.909. The van der Waals surface area contributed by atoms with E-state index in [-0.39, 0.29) is 11.9 Å². The molecular formula is C11H18F2N2O. The first-order valence-electron chi connectivity index (χ1n) is 5.98. The Hall–Kier alpha value is -0.710. The summed E-state index contributed by atoms with van der Waals surface area (Å²) in [7, 11) is 0. The van der Waals surface area contributed by atoms with Gasteiger partial charge in [0.15, 0.2) is 0 Å². The lowest BCUT2D eigenvalue weighted by Crippen LogP contribution is -2.44. The minimum Gasteiger partial charge on any atom is -0.349 e. The van der Waals surface area contributed by atoms with Gasteiger partial charge in [-0.2, -0.15) is 0 Å². The van der Waals surface area contributed by atoms with Gasteiger partial charge in [-0.05, 0) is 25.2 Å². The van der Waals surface area contributed by atoms with Gasteiger partial charge in [0.25, 0.3) is 6.43 Å². The molecule has 3 atom stereocenters. The minimum atomic E-state index is -2.47. The SMILES string of the molecule is O=C(NCC(F)F)C1CC2CCCCC2N1. The average molecular weight is 232 g/mol. The maximum atomic E-state index is 11.9. The fourth-order valence-electron chi connectivity index (χ4n) is 2.82. The molecule has 1 saturated carbocycles. The standard InChI is InChI=1S/C11H18F2N2O/c12-10(13)6-14-11(16)9-5-7-3-1-2-4-8(7)15-9/h7-10,15H,1-6H2,(H,14,16). The highest BCUT2D eigenvalue weighted by atomic mass is 19.3. The zero-order chi connectivity index (χ0) is 11.5. The Balaban J connectivity index is 1.80. The van der Waals surface area contributed by atoms with E-state index in [4.69, 9.17) is 0 Å². The lowest BCUT2D eigenvalue weighted by Gasteiger charge is -2.24. The van der Waals surface area contributed by atoms with Gasteiger partial charge in [0.1, 0.15) is 0 Å². The molecule has 2 N–H and O–H groups in total. The van der Waals surface area contributed by atoms with E-state index in [9.17, 15) is 13.6 Å². The van der Waals surface area contributed by atoms with Crippen LogP contribution in [0.2, 0.25) is 0 Å². The van der Waals surface area contributed by atoms with Gasteiger partial charge in [-0.3, -0.25) is 4.79 Å². The fourth-order valence-corrected chi connectivity index (χ4v) is 2.82. The molecule has 1 saturated heterocycles. The van der Waals surface area contributed by atoms with Crippen molar-refractivity contribution >= 4 is 5.91 Å². The van der Waals surface area contributed by atoms with Crippen LogP contribution in [0.1, 0.15) is 32.1 Å². The number of carbonyl (C=O) groups excluding carboxylic acids is 1. The predicted octanol–water partition coefficient (Wildman–Crippen LogP) is 1.29. The quantitative estimate of drug-likeness (QED) is 0.769. The number of amides is 1. The molecule has 0 aromatic heterocycles. The smallest absolute Gasteiger partial charge is 0.255 e. The summed E-state index contributed by atoms with van der Waals surface area (Å²) >= 11 is 0. The topological polar surface area (TPSA) is 41.1 Å². The molecule has 3 unspecified atom stereocenters. The van der Waals surface area contributed by atoms with Crippen LogP contribution < -0.4 is 10.6 Å². The molecule has 0 bridgehead atoms. The molecule has 1 aliphatic heterocycles. The van der Waals surface area contributed by atoms with E-state index < -0.39 is 13.0 Å². The van der Waals surface area contributed by atoms with Crippen LogP contribution in [0.25, 0.3) is 0 Å². The number of carbonyl (C=O) groups is 1. The first-order valence-corrected chi connectivity index (χ1v) is 5.98. The van der Waals surface area contributed by atoms with Crippen molar-refractivity contribution in [2.75, 3.05) is 6.54 Å². The predicted molar refractivity (Wildman–Crippen MR) is 56.3 cm³/mol. The van der Waals surface area contributed by atoms with Gasteiger partial charge < -0.3 is 10.6 Å². The molecule has 1 heterocycles. The van der Waals surface area contributed by atoms with E-state index in [1.54, 1.807) is 0 Å². The van der Waals surface area contributed by atoms with Crippen molar-refractivity contribution in [2.45, 2.75) is 50.6 Å². The van der Waals surface area contributed by atoms with Crippen LogP contribution >= 0.6 is 0 Å². The number of hydrogen-bond acceptors (Lipinski definition) is 2. The summed E-state index contributed by atoms with van der Waals surface area (Å²) in [6, 6.07) is 0.169. The van der Waals surface area contributed by atoms with Crippen LogP contribution in [0, 0.1) is 5.92 Å². The average Bonchev–Trinajstić information content (AvgIpc) is 2.69. The van der Waals surface area contributed by atoms with Crippen LogP contribution in [0.15, 0.2) is 0 Å². The largest absolute Gasteiger partial charge is 0.349 e. The Labute approximate surface area is 94.0 Å². The second-order valence-electron chi connectivity index (χ2n) is 4.74. The number of alkyl halides is 2. The molecule has 5 heteroatoms. The van der Waals surface area contributed by atoms with Crippen molar-refractivity contribution in [3.63, 3.8) is 0 Å². The molecule has 0 aromatic rings. The molecular weight excluding hydrogens is 214 g/mol. The van der Waals surface area contributed by atoms with Gasteiger partial charge in [0, 0.05) is 6.04 Å². The van der Waals surface area contributed by atoms with Crippen LogP contribution in [0.5, 0.6) is 0 Å². The lowest BCUT2D eigenvalue weighted by atomic mass is 9.85. The molecule has 0 aromatic carbocycles. The second-order valence-corrected chi connectivity index (χ2v) is 4.74. The molecule has 92 valence electrons. The second kappa shape index (κ2) is 5.08. The van der Waals surface area contributed by atoms with Gasteiger partial charge in [-0.1, -0.05) is 12.8 Å². The third kappa shape index (κ3) is 2.70. The van der Waals surface area contributed by atoms with Crippen molar-refractivity contribution in [3.05, 3.63) is 0 Å². The Morgan fingerprint density at radius 2 is 2.12 bits per heavy atom. The first kappa shape index (κ1) is 11.8. The minimum absolute atomic E-state index is 0.258. The van der Waals surface area contributed by atoms with E-state index >= 15 is 0 Å². The monoisotopic (exact) mass is 232 g/mol. The number of rotatable bonds is 3. The van der Waals surface area contributed by atoms with E-state index in [0.717, 1.165) is 19.3 Å². The van der Waals surface area contributed by atoms with E-state index in [1.807, 2.05) is 0 Å². The summed E-state index contributed by atoms with van der Waals surface area (Å²) in [5.74, 6) is 0.297. The zero-order valence-electron chi connectivity index (χ0n) is 9.22. The van der Waals surface area contributed by atoms with Crippen LogP contribution in [0.4, 0.5) is 8.78 Å². The van der Waals surface area contributed by atoms with Gasteiger partial charge in [0.2, 0.25) is 5.91 Å². The summed E-state index contributed by atoms with van der Waals surface area (Å²) in [4.78, 5) is 11.6. The highest BCUT2D eigenvalue weighted by Crippen LogP contribution is 2.33. The Kier molecular flexibility index (Phi) is 3.74. The molecule has 1 aliphatic carbocycles. The van der Waals surface area contributed by atoms with Gasteiger partial charge in [-0.25, -0.2) is 8.78 Å². The summed E-state index contributed by atoms with van der Waals surface area (Å²) in [5.41, 5.74) is 0. The summed E-state index contributed by atoms with van der Waals surface area (Å²) in [5, 5.41) is 5.54. The molecule has 3 nitrogen and oxygen atoms in total. The third-order valence-electron chi connectivity index (χ3n) is 3.61. The Morgan fingerprint density at radius 3 is 2.81 bits per heavy atom. The van der Waals surface area contributed by atoms with Crippen LogP contribution in [-0.2, 0) is 4.79 Å². The molecule has 2 aliphatic rings. The Morgan fingerprint density at radius 1 is 1.38 bits per heavy atom. The van der Waals surface area contributed by atoms with E-state index in [2.05, 4.69) is 10.6 Å². The van der Waals surface area contributed by atoms with Crippen LogP contribution in [-0.4, -0.2) is 31.0 Å². The normalized spacial score (nSPS) is 33.8. The first-order chi connectivity index (χ1) is 7.66. The van der Waals surface area contributed by atoms with E-state index in [1.165, 1.54) is 12.8 Å². The maximum absolute atomic E-state index is 11.9. The molecule has 2 fully saturated rings. The number of halogens is 2. The van der Waals surface area contributed by atoms with Gasteiger partial charge >= 0.3 is 0 Å². The highest BCUT2D eigenvalue weighted by molar-refractivity contribution is 5.82. The summed E-state index contributed by atoms with van der Waals surface area (Å²) in [6.45, 7) is -0.535. The number of nitrogens with one attached hydrogen (secondary N) is 2. The number of hydrogen-bond donors (Lipinski definition) is 2. The summed E-state index contributed by atoms with van der Waals surface area (Å²) < 4.78 is 23.9. The van der Waals surface area contributed by atoms with Gasteiger partial charge in [-0.15, -0.1) is 0 Å². The highest BCUT2D eigenvalue weighted by Gasteiger charge is 2.38. The maximum Gasteiger partial charge on any atom is 0.255 e. The van der Waals surface area contributed by atoms with Crippen molar-refractivity contribution in [3.8, 4) is 0 Å². The van der Waals surface area contributed by atoms with Crippen molar-refractivity contribution in [1.29, 1.82) is 0 Å². The van der Waals surface area contributed by atoms with Crippen molar-refractivity contribution < 1.29 is 13.6 Å². The van der Waals surface area contributed by atoms with Crippen molar-refractivity contribution in [1.82, 2.24) is 10.6 Å². The molecule has 16 heavy (non-hydrogen) atoms. The molecule has 2 rings (SSSR count). The Bertz CT molecular complexity index is 246. The van der Waals surface area contributed by atoms with Crippen molar-refractivity contribution in [2.24, 2.45) is 5.92 Å². The van der Waals surface area contributed by atoms with Crippen LogP contribution in [0.3, 0.4) is 0 Å².